The van der Waals surface area contributed by atoms with Gasteiger partial charge in [0.05, 0.1) is 19.1 Å². The van der Waals surface area contributed by atoms with Crippen LogP contribution in [-0.4, -0.2) is 32.1 Å². The second-order valence-electron chi connectivity index (χ2n) is 4.60. The van der Waals surface area contributed by atoms with E-state index in [1.807, 2.05) is 0 Å². The second kappa shape index (κ2) is 3.73. The summed E-state index contributed by atoms with van der Waals surface area (Å²) in [5, 5.41) is 0. The highest BCUT2D eigenvalue weighted by molar-refractivity contribution is 6.06. The van der Waals surface area contributed by atoms with Gasteiger partial charge >= 0.3 is 5.97 Å². The van der Waals surface area contributed by atoms with Crippen molar-refractivity contribution in [2.75, 3.05) is 20.3 Å². The molecule has 2 aliphatic rings. The second-order valence-corrected chi connectivity index (χ2v) is 4.60. The van der Waals surface area contributed by atoms with E-state index in [-0.39, 0.29) is 31.4 Å². The van der Waals surface area contributed by atoms with Crippen molar-refractivity contribution in [3.05, 3.63) is 23.8 Å². The lowest BCUT2D eigenvalue weighted by atomic mass is 9.78. The van der Waals surface area contributed by atoms with Crippen LogP contribution in [0.15, 0.2) is 18.2 Å². The first kappa shape index (κ1) is 11.1. The Morgan fingerprint density at radius 2 is 2.00 bits per heavy atom. The van der Waals surface area contributed by atoms with Crippen molar-refractivity contribution in [1.82, 2.24) is 0 Å². The molecule has 0 aliphatic carbocycles. The van der Waals surface area contributed by atoms with E-state index in [9.17, 15) is 9.59 Å². The standard InChI is InChI=1S/C13H12O5/c1-16-8-2-3-10-9(4-8)12(15)13(6-17-10)5-11(14)18-7-13/h2-4H,5-7H2,1H3. The van der Waals surface area contributed by atoms with Crippen LogP contribution in [0.25, 0.3) is 0 Å². The van der Waals surface area contributed by atoms with Gasteiger partial charge < -0.3 is 14.2 Å². The third-order valence-corrected chi connectivity index (χ3v) is 3.41. The Morgan fingerprint density at radius 3 is 2.67 bits per heavy atom. The van der Waals surface area contributed by atoms with Crippen LogP contribution in [0.5, 0.6) is 11.5 Å². The summed E-state index contributed by atoms with van der Waals surface area (Å²) >= 11 is 0. The number of Topliss-reactive ketones (excluding diaryl/α,β-unsaturated/α-hetero) is 1. The average molecular weight is 248 g/mol. The number of methoxy groups -OCH3 is 1. The van der Waals surface area contributed by atoms with Gasteiger partial charge in [-0.1, -0.05) is 0 Å². The molecule has 2 heterocycles. The molecule has 0 aromatic heterocycles. The molecule has 1 spiro atoms. The molecule has 1 atom stereocenters. The molecule has 3 rings (SSSR count). The molecule has 1 saturated heterocycles. The topological polar surface area (TPSA) is 61.8 Å². The number of fused-ring (bicyclic) bond motifs is 1. The molecule has 5 heteroatoms. The van der Waals surface area contributed by atoms with Gasteiger partial charge in [0.25, 0.3) is 0 Å². The van der Waals surface area contributed by atoms with Crippen molar-refractivity contribution >= 4 is 11.8 Å². The molecule has 5 nitrogen and oxygen atoms in total. The van der Waals surface area contributed by atoms with E-state index in [0.717, 1.165) is 0 Å². The quantitative estimate of drug-likeness (QED) is 0.699. The molecule has 1 fully saturated rings. The highest BCUT2D eigenvalue weighted by Gasteiger charge is 2.51. The largest absolute Gasteiger partial charge is 0.497 e. The third kappa shape index (κ3) is 1.47. The minimum atomic E-state index is -0.851. The van der Waals surface area contributed by atoms with Gasteiger partial charge in [-0.15, -0.1) is 0 Å². The van der Waals surface area contributed by atoms with E-state index < -0.39 is 5.41 Å². The SMILES string of the molecule is COc1ccc2c(c1)C(=O)C1(COC(=O)C1)CO2. The zero-order valence-electron chi connectivity index (χ0n) is 9.89. The van der Waals surface area contributed by atoms with Crippen molar-refractivity contribution in [2.45, 2.75) is 6.42 Å². The number of ketones is 1. The smallest absolute Gasteiger partial charge is 0.307 e. The summed E-state index contributed by atoms with van der Waals surface area (Å²) < 4.78 is 15.6. The first-order valence-electron chi connectivity index (χ1n) is 5.66. The van der Waals surface area contributed by atoms with Gasteiger partial charge in [0.15, 0.2) is 5.78 Å². The Hall–Kier alpha value is -2.04. The van der Waals surface area contributed by atoms with E-state index in [1.165, 1.54) is 7.11 Å². The zero-order valence-corrected chi connectivity index (χ0v) is 9.89. The molecule has 2 aliphatic heterocycles. The summed E-state index contributed by atoms with van der Waals surface area (Å²) in [4.78, 5) is 23.7. The molecule has 0 saturated carbocycles. The number of cyclic esters (lactones) is 1. The first-order chi connectivity index (χ1) is 8.64. The zero-order chi connectivity index (χ0) is 12.8. The lowest BCUT2D eigenvalue weighted by Crippen LogP contribution is -2.41. The Kier molecular flexibility index (Phi) is 2.29. The number of carbonyl (C=O) groups is 2. The summed E-state index contributed by atoms with van der Waals surface area (Å²) in [6.45, 7) is 0.290. The molecule has 1 aromatic carbocycles. The number of esters is 1. The van der Waals surface area contributed by atoms with E-state index in [1.54, 1.807) is 18.2 Å². The Balaban J connectivity index is 2.03. The number of benzene rings is 1. The normalized spacial score (nSPS) is 25.6. The molecule has 0 N–H and O–H groups in total. The maximum Gasteiger partial charge on any atom is 0.307 e. The highest BCUT2D eigenvalue weighted by atomic mass is 16.5. The van der Waals surface area contributed by atoms with Crippen LogP contribution in [0.2, 0.25) is 0 Å². The Bertz CT molecular complexity index is 536. The third-order valence-electron chi connectivity index (χ3n) is 3.41. The van der Waals surface area contributed by atoms with Crippen molar-refractivity contribution < 1.29 is 23.8 Å². The monoisotopic (exact) mass is 248 g/mol. The van der Waals surface area contributed by atoms with Crippen LogP contribution in [0.4, 0.5) is 0 Å². The number of carbonyl (C=O) groups excluding carboxylic acids is 2. The van der Waals surface area contributed by atoms with Crippen molar-refractivity contribution in [2.24, 2.45) is 5.41 Å². The molecule has 0 radical (unpaired) electrons. The molecular weight excluding hydrogens is 236 g/mol. The highest BCUT2D eigenvalue weighted by Crippen LogP contribution is 2.41. The fourth-order valence-electron chi connectivity index (χ4n) is 2.34. The summed E-state index contributed by atoms with van der Waals surface area (Å²) in [5.74, 6) is 0.672. The molecular formula is C13H12O5. The fraction of sp³-hybridized carbons (Fsp3) is 0.385. The van der Waals surface area contributed by atoms with Gasteiger partial charge in [-0.25, -0.2) is 0 Å². The van der Waals surface area contributed by atoms with Crippen molar-refractivity contribution in [3.63, 3.8) is 0 Å². The summed E-state index contributed by atoms with van der Waals surface area (Å²) in [6, 6.07) is 5.08. The van der Waals surface area contributed by atoms with E-state index in [2.05, 4.69) is 0 Å². The number of hydrogen-bond donors (Lipinski definition) is 0. The van der Waals surface area contributed by atoms with Crippen LogP contribution in [0.3, 0.4) is 0 Å². The van der Waals surface area contributed by atoms with Crippen LogP contribution in [0, 0.1) is 5.41 Å². The lowest BCUT2D eigenvalue weighted by Gasteiger charge is -2.30. The van der Waals surface area contributed by atoms with E-state index in [4.69, 9.17) is 14.2 Å². The summed E-state index contributed by atoms with van der Waals surface area (Å²) in [7, 11) is 1.54. The van der Waals surface area contributed by atoms with Crippen LogP contribution in [-0.2, 0) is 9.53 Å². The van der Waals surface area contributed by atoms with Gasteiger partial charge in [-0.3, -0.25) is 9.59 Å². The van der Waals surface area contributed by atoms with E-state index in [0.29, 0.717) is 17.1 Å². The molecule has 18 heavy (non-hydrogen) atoms. The van der Waals surface area contributed by atoms with Gasteiger partial charge in [0.1, 0.15) is 30.1 Å². The molecule has 0 amide bonds. The predicted octanol–water partition coefficient (Wildman–Crippen LogP) is 1.20. The maximum atomic E-state index is 12.5. The van der Waals surface area contributed by atoms with Crippen molar-refractivity contribution in [3.8, 4) is 11.5 Å². The molecule has 1 unspecified atom stereocenters. The summed E-state index contributed by atoms with van der Waals surface area (Å²) in [5.41, 5.74) is -0.393. The van der Waals surface area contributed by atoms with Gasteiger partial charge in [0, 0.05) is 0 Å². The number of hydrogen-bond acceptors (Lipinski definition) is 5. The Morgan fingerprint density at radius 1 is 1.22 bits per heavy atom. The first-order valence-corrected chi connectivity index (χ1v) is 5.66. The molecule has 1 aromatic rings. The number of rotatable bonds is 1. The number of ether oxygens (including phenoxy) is 3. The van der Waals surface area contributed by atoms with Gasteiger partial charge in [-0.05, 0) is 18.2 Å². The van der Waals surface area contributed by atoms with Gasteiger partial charge in [-0.2, -0.15) is 0 Å². The lowest BCUT2D eigenvalue weighted by molar-refractivity contribution is -0.137. The molecule has 0 bridgehead atoms. The molecule has 94 valence electrons. The van der Waals surface area contributed by atoms with Crippen LogP contribution < -0.4 is 9.47 Å². The minimum absolute atomic E-state index is 0.0858. The van der Waals surface area contributed by atoms with E-state index >= 15 is 0 Å². The van der Waals surface area contributed by atoms with Crippen molar-refractivity contribution in [1.29, 1.82) is 0 Å². The fourth-order valence-corrected chi connectivity index (χ4v) is 2.34. The van der Waals surface area contributed by atoms with Crippen LogP contribution >= 0.6 is 0 Å². The minimum Gasteiger partial charge on any atom is -0.497 e. The van der Waals surface area contributed by atoms with Gasteiger partial charge in [0.2, 0.25) is 0 Å². The maximum absolute atomic E-state index is 12.5. The Labute approximate surface area is 104 Å². The average Bonchev–Trinajstić information content (AvgIpc) is 2.77. The summed E-state index contributed by atoms with van der Waals surface area (Å²) in [6.07, 6.45) is 0.0858. The van der Waals surface area contributed by atoms with Crippen LogP contribution in [0.1, 0.15) is 16.8 Å². The predicted molar refractivity (Wildman–Crippen MR) is 60.8 cm³/mol.